The Hall–Kier alpha value is -4.22. The number of hydrogen-bond donors (Lipinski definition) is 5. The zero-order valence-corrected chi connectivity index (χ0v) is 29.1. The lowest BCUT2D eigenvalue weighted by Crippen LogP contribution is -2.41. The van der Waals surface area contributed by atoms with Gasteiger partial charge in [-0.2, -0.15) is 4.98 Å². The molecule has 0 bridgehead atoms. The van der Waals surface area contributed by atoms with Crippen molar-refractivity contribution in [1.82, 2.24) is 25.3 Å². The van der Waals surface area contributed by atoms with E-state index in [1.807, 2.05) is 0 Å². The predicted octanol–water partition coefficient (Wildman–Crippen LogP) is 6.35. The van der Waals surface area contributed by atoms with Crippen molar-refractivity contribution in [2.24, 2.45) is 5.73 Å². The van der Waals surface area contributed by atoms with E-state index in [0.29, 0.717) is 24.2 Å². The SMILES string of the molecule is CCCNc1cc([C@H]2[C@H](c3ccccc3)[C@H](c3cc(SCCNC(=O)CN)nc(NCCC)n3)[C@H]2c2ccccc2)nc(NCCC)n1. The minimum Gasteiger partial charge on any atom is -0.370 e. The van der Waals surface area contributed by atoms with Crippen LogP contribution in [0.3, 0.4) is 0 Å². The van der Waals surface area contributed by atoms with Crippen LogP contribution in [0.1, 0.15) is 86.2 Å². The van der Waals surface area contributed by atoms with Gasteiger partial charge in [0.2, 0.25) is 17.8 Å². The largest absolute Gasteiger partial charge is 0.370 e. The summed E-state index contributed by atoms with van der Waals surface area (Å²) >= 11 is 1.61. The lowest BCUT2D eigenvalue weighted by Gasteiger charge is -2.52. The van der Waals surface area contributed by atoms with Crippen LogP contribution in [0, 0.1) is 0 Å². The van der Waals surface area contributed by atoms with Crippen molar-refractivity contribution in [3.05, 3.63) is 95.3 Å². The minimum absolute atomic E-state index is 0.0172. The molecule has 6 N–H and O–H groups in total. The first-order valence-corrected chi connectivity index (χ1v) is 18.2. The molecule has 0 unspecified atom stereocenters. The van der Waals surface area contributed by atoms with Crippen LogP contribution in [0.2, 0.25) is 0 Å². The molecule has 2 heterocycles. The van der Waals surface area contributed by atoms with Gasteiger partial charge in [0.25, 0.3) is 0 Å². The van der Waals surface area contributed by atoms with Gasteiger partial charge in [0.15, 0.2) is 0 Å². The van der Waals surface area contributed by atoms with Gasteiger partial charge >= 0.3 is 0 Å². The van der Waals surface area contributed by atoms with E-state index in [0.717, 1.165) is 61.1 Å². The van der Waals surface area contributed by atoms with E-state index in [4.69, 9.17) is 25.7 Å². The molecule has 10 nitrogen and oxygen atoms in total. The number of nitrogens with zero attached hydrogens (tertiary/aromatic N) is 4. The molecule has 1 aliphatic rings. The highest BCUT2D eigenvalue weighted by Crippen LogP contribution is 2.66. The van der Waals surface area contributed by atoms with Gasteiger partial charge in [-0.15, -0.1) is 11.8 Å². The van der Waals surface area contributed by atoms with E-state index >= 15 is 0 Å². The summed E-state index contributed by atoms with van der Waals surface area (Å²) in [7, 11) is 0. The van der Waals surface area contributed by atoms with E-state index in [2.05, 4.69) is 115 Å². The fourth-order valence-electron chi connectivity index (χ4n) is 6.38. The molecule has 4 aromatic rings. The Balaban J connectivity index is 1.61. The number of aromatic nitrogens is 4. The monoisotopic (exact) mass is 667 g/mol. The number of rotatable bonds is 18. The summed E-state index contributed by atoms with van der Waals surface area (Å²) in [5.74, 6) is 3.01. The second-order valence-electron chi connectivity index (χ2n) is 12.1. The zero-order chi connectivity index (χ0) is 33.7. The van der Waals surface area contributed by atoms with E-state index in [1.165, 1.54) is 11.1 Å². The number of carbonyl (C=O) groups excluding carboxylic acids is 1. The number of carbonyl (C=O) groups is 1. The van der Waals surface area contributed by atoms with Crippen molar-refractivity contribution in [2.75, 3.05) is 54.4 Å². The molecular formula is C37H49N9OS. The zero-order valence-electron chi connectivity index (χ0n) is 28.3. The molecule has 1 amide bonds. The summed E-state index contributed by atoms with van der Waals surface area (Å²) in [6, 6.07) is 25.8. The van der Waals surface area contributed by atoms with Crippen molar-refractivity contribution in [1.29, 1.82) is 0 Å². The van der Waals surface area contributed by atoms with Crippen LogP contribution >= 0.6 is 11.8 Å². The number of nitrogens with two attached hydrogens (primary N) is 1. The average molecular weight is 668 g/mol. The van der Waals surface area contributed by atoms with Gasteiger partial charge in [-0.25, -0.2) is 15.0 Å². The molecule has 1 saturated carbocycles. The standard InChI is InChI=1S/C37H49N9OS/c1-4-17-39-29-22-27(43-36(45-29)41-18-5-2)34-32(25-13-9-7-10-14-25)35(33(34)26-15-11-8-12-16-26)28-23-31(46-37(44-28)42-19-6-3)48-21-20-40-30(47)24-38/h7-16,22-23,32-35H,4-6,17-21,24,38H2,1-3H3,(H,40,47)(H,42,44,46)(H2,39,41,43,45)/t32-,33-,34-,35-/m0/s1. The molecule has 0 spiro atoms. The molecule has 1 aliphatic carbocycles. The molecule has 254 valence electrons. The first-order valence-electron chi connectivity index (χ1n) is 17.2. The molecule has 5 rings (SSSR count). The molecule has 0 radical (unpaired) electrons. The second kappa shape index (κ2) is 17.8. The van der Waals surface area contributed by atoms with Crippen LogP contribution in [0.25, 0.3) is 0 Å². The van der Waals surface area contributed by atoms with Gasteiger partial charge in [0, 0.05) is 61.7 Å². The third-order valence-corrected chi connectivity index (χ3v) is 9.46. The smallest absolute Gasteiger partial charge is 0.233 e. The summed E-state index contributed by atoms with van der Waals surface area (Å²) in [6.07, 6.45) is 2.95. The van der Waals surface area contributed by atoms with Crippen LogP contribution in [-0.4, -0.2) is 64.3 Å². The Morgan fingerprint density at radius 1 is 0.667 bits per heavy atom. The summed E-state index contributed by atoms with van der Waals surface area (Å²) < 4.78 is 0. The van der Waals surface area contributed by atoms with Crippen molar-refractivity contribution >= 4 is 35.4 Å². The molecule has 2 atom stereocenters. The molecule has 1 fully saturated rings. The summed E-state index contributed by atoms with van der Waals surface area (Å²) in [4.78, 5) is 31.8. The molecule has 2 aromatic heterocycles. The van der Waals surface area contributed by atoms with Gasteiger partial charge in [0.05, 0.1) is 17.9 Å². The quantitative estimate of drug-likeness (QED) is 0.0463. The van der Waals surface area contributed by atoms with Gasteiger partial charge in [-0.1, -0.05) is 81.4 Å². The third kappa shape index (κ3) is 8.82. The van der Waals surface area contributed by atoms with Crippen LogP contribution in [-0.2, 0) is 4.79 Å². The average Bonchev–Trinajstić information content (AvgIpc) is 3.11. The van der Waals surface area contributed by atoms with E-state index in [1.54, 1.807) is 11.8 Å². The van der Waals surface area contributed by atoms with Gasteiger partial charge in [-0.05, 0) is 36.5 Å². The predicted molar refractivity (Wildman–Crippen MR) is 197 cm³/mol. The Kier molecular flexibility index (Phi) is 13.0. The van der Waals surface area contributed by atoms with Crippen molar-refractivity contribution in [3.63, 3.8) is 0 Å². The second-order valence-corrected chi connectivity index (χ2v) is 13.2. The van der Waals surface area contributed by atoms with Crippen LogP contribution < -0.4 is 27.0 Å². The Morgan fingerprint density at radius 2 is 1.19 bits per heavy atom. The van der Waals surface area contributed by atoms with Crippen LogP contribution in [0.15, 0.2) is 77.8 Å². The summed E-state index contributed by atoms with van der Waals surface area (Å²) in [6.45, 7) is 9.36. The Morgan fingerprint density at radius 3 is 1.73 bits per heavy atom. The fraction of sp³-hybridized carbons (Fsp3) is 0.432. The number of hydrogen-bond acceptors (Lipinski definition) is 10. The molecule has 0 saturated heterocycles. The van der Waals surface area contributed by atoms with Crippen LogP contribution in [0.5, 0.6) is 0 Å². The highest BCUT2D eigenvalue weighted by molar-refractivity contribution is 7.99. The highest BCUT2D eigenvalue weighted by Gasteiger charge is 2.54. The van der Waals surface area contributed by atoms with Crippen molar-refractivity contribution in [3.8, 4) is 0 Å². The number of benzene rings is 2. The number of nitrogens with one attached hydrogen (secondary N) is 4. The number of anilines is 3. The number of thioether (sulfide) groups is 1. The van der Waals surface area contributed by atoms with Gasteiger partial charge < -0.3 is 27.0 Å². The lowest BCUT2D eigenvalue weighted by molar-refractivity contribution is -0.119. The maximum absolute atomic E-state index is 11.7. The third-order valence-electron chi connectivity index (χ3n) is 8.55. The maximum atomic E-state index is 11.7. The highest BCUT2D eigenvalue weighted by atomic mass is 32.2. The normalized spacial score (nSPS) is 18.5. The van der Waals surface area contributed by atoms with Gasteiger partial charge in [-0.3, -0.25) is 4.79 Å². The molecule has 2 aromatic carbocycles. The Bertz CT molecular complexity index is 1520. The topological polar surface area (TPSA) is 143 Å². The first-order chi connectivity index (χ1) is 23.6. The van der Waals surface area contributed by atoms with E-state index in [9.17, 15) is 4.79 Å². The van der Waals surface area contributed by atoms with E-state index < -0.39 is 0 Å². The fourth-order valence-corrected chi connectivity index (χ4v) is 7.15. The molecular weight excluding hydrogens is 619 g/mol. The molecule has 11 heteroatoms. The first kappa shape index (κ1) is 35.1. The van der Waals surface area contributed by atoms with Crippen molar-refractivity contribution in [2.45, 2.75) is 68.7 Å². The number of amides is 1. The van der Waals surface area contributed by atoms with Gasteiger partial charge in [0.1, 0.15) is 10.8 Å². The summed E-state index contributed by atoms with van der Waals surface area (Å²) in [5.41, 5.74) is 10.0. The molecule has 0 aliphatic heterocycles. The van der Waals surface area contributed by atoms with Crippen LogP contribution in [0.4, 0.5) is 17.7 Å². The lowest BCUT2D eigenvalue weighted by atomic mass is 9.50. The Labute approximate surface area is 289 Å². The maximum Gasteiger partial charge on any atom is 0.233 e. The summed E-state index contributed by atoms with van der Waals surface area (Å²) in [5, 5.41) is 14.1. The van der Waals surface area contributed by atoms with E-state index in [-0.39, 0.29) is 36.1 Å². The van der Waals surface area contributed by atoms with Crippen molar-refractivity contribution < 1.29 is 4.79 Å². The minimum atomic E-state index is -0.160. The molecule has 48 heavy (non-hydrogen) atoms.